The molecule has 5 nitrogen and oxygen atoms in total. The van der Waals surface area contributed by atoms with Crippen LogP contribution in [0, 0.1) is 5.41 Å². The SMILES string of the molecule is C=CC[C@@]1(C)CC(c2cccc(Cl)c2)[C@@H](c2ccc(Cl)cc2)N([C@@H](CC)CNS(=O)(=O)CCCCl)C1=O. The van der Waals surface area contributed by atoms with Crippen molar-refractivity contribution < 1.29 is 13.2 Å². The number of piperidine rings is 1. The lowest BCUT2D eigenvalue weighted by Gasteiger charge is -2.52. The van der Waals surface area contributed by atoms with Gasteiger partial charge in [-0.25, -0.2) is 13.1 Å². The third kappa shape index (κ3) is 7.30. The van der Waals surface area contributed by atoms with E-state index in [0.29, 0.717) is 35.7 Å². The Labute approximate surface area is 236 Å². The maximum Gasteiger partial charge on any atom is 0.229 e. The van der Waals surface area contributed by atoms with Crippen LogP contribution < -0.4 is 4.72 Å². The first-order chi connectivity index (χ1) is 17.5. The van der Waals surface area contributed by atoms with Gasteiger partial charge in [-0.05, 0) is 61.1 Å². The molecule has 1 N–H and O–H groups in total. The van der Waals surface area contributed by atoms with Crippen LogP contribution in [0.4, 0.5) is 0 Å². The van der Waals surface area contributed by atoms with Gasteiger partial charge in [0.2, 0.25) is 15.9 Å². The highest BCUT2D eigenvalue weighted by atomic mass is 35.5. The molecule has 0 radical (unpaired) electrons. The molecule has 0 saturated carbocycles. The Bertz CT molecular complexity index is 1190. The minimum atomic E-state index is -3.53. The van der Waals surface area contributed by atoms with E-state index in [2.05, 4.69) is 11.3 Å². The molecule has 0 spiro atoms. The predicted octanol–water partition coefficient (Wildman–Crippen LogP) is 6.96. The Hall–Kier alpha value is -1.57. The number of rotatable bonds is 12. The van der Waals surface area contributed by atoms with E-state index in [1.807, 2.05) is 67.3 Å². The van der Waals surface area contributed by atoms with E-state index in [1.165, 1.54) is 0 Å². The van der Waals surface area contributed by atoms with Crippen molar-refractivity contribution in [3.8, 4) is 0 Å². The minimum Gasteiger partial charge on any atom is -0.330 e. The molecule has 1 aliphatic heterocycles. The van der Waals surface area contributed by atoms with Gasteiger partial charge in [0.05, 0.1) is 17.2 Å². The zero-order chi connectivity index (χ0) is 27.2. The van der Waals surface area contributed by atoms with Gasteiger partial charge in [-0.15, -0.1) is 18.2 Å². The first-order valence-electron chi connectivity index (χ1n) is 12.5. The highest BCUT2D eigenvalue weighted by Gasteiger charge is 2.50. The summed E-state index contributed by atoms with van der Waals surface area (Å²) in [4.78, 5) is 16.2. The molecule has 2 aromatic carbocycles. The number of carbonyl (C=O) groups excluding carboxylic acids is 1. The van der Waals surface area contributed by atoms with Crippen LogP contribution in [0.15, 0.2) is 61.2 Å². The molecular formula is C28H35Cl3N2O3S. The summed E-state index contributed by atoms with van der Waals surface area (Å²) >= 11 is 18.3. The van der Waals surface area contributed by atoms with Crippen molar-refractivity contribution in [2.75, 3.05) is 18.2 Å². The largest absolute Gasteiger partial charge is 0.330 e. The van der Waals surface area contributed by atoms with E-state index >= 15 is 0 Å². The molecule has 9 heteroatoms. The summed E-state index contributed by atoms with van der Waals surface area (Å²) < 4.78 is 27.9. The van der Waals surface area contributed by atoms with Crippen molar-refractivity contribution >= 4 is 50.7 Å². The molecule has 0 aromatic heterocycles. The van der Waals surface area contributed by atoms with E-state index in [-0.39, 0.29) is 42.1 Å². The predicted molar refractivity (Wildman–Crippen MR) is 154 cm³/mol. The van der Waals surface area contributed by atoms with Crippen LogP contribution in [0.3, 0.4) is 0 Å². The lowest BCUT2D eigenvalue weighted by Crippen LogP contribution is -2.57. The van der Waals surface area contributed by atoms with Gasteiger partial charge in [0.15, 0.2) is 0 Å². The van der Waals surface area contributed by atoms with Crippen molar-refractivity contribution in [2.45, 2.75) is 57.5 Å². The van der Waals surface area contributed by atoms with Crippen LogP contribution in [0.5, 0.6) is 0 Å². The van der Waals surface area contributed by atoms with Crippen molar-refractivity contribution in [1.82, 2.24) is 9.62 Å². The molecule has 3 rings (SSSR count). The van der Waals surface area contributed by atoms with Crippen molar-refractivity contribution in [1.29, 1.82) is 0 Å². The minimum absolute atomic E-state index is 0.0163. The molecule has 0 aliphatic carbocycles. The third-order valence-corrected chi connectivity index (χ3v) is 9.32. The monoisotopic (exact) mass is 584 g/mol. The van der Waals surface area contributed by atoms with Gasteiger partial charge in [-0.2, -0.15) is 0 Å². The van der Waals surface area contributed by atoms with E-state index in [0.717, 1.165) is 11.1 Å². The van der Waals surface area contributed by atoms with E-state index in [1.54, 1.807) is 6.08 Å². The topological polar surface area (TPSA) is 66.5 Å². The molecule has 37 heavy (non-hydrogen) atoms. The lowest BCUT2D eigenvalue weighted by molar-refractivity contribution is -0.154. The van der Waals surface area contributed by atoms with Gasteiger partial charge >= 0.3 is 0 Å². The summed E-state index contributed by atoms with van der Waals surface area (Å²) in [5, 5.41) is 1.23. The fourth-order valence-corrected chi connectivity index (χ4v) is 7.00. The fraction of sp³-hybridized carbons (Fsp3) is 0.464. The summed E-state index contributed by atoms with van der Waals surface area (Å²) in [5.74, 6) is 0.116. The first-order valence-corrected chi connectivity index (χ1v) is 15.5. The Morgan fingerprint density at radius 1 is 1.16 bits per heavy atom. The molecular weight excluding hydrogens is 551 g/mol. The van der Waals surface area contributed by atoms with Gasteiger partial charge < -0.3 is 4.90 Å². The summed E-state index contributed by atoms with van der Waals surface area (Å²) in [7, 11) is -3.53. The van der Waals surface area contributed by atoms with E-state index in [4.69, 9.17) is 34.8 Å². The molecule has 1 unspecified atom stereocenters. The maximum atomic E-state index is 14.3. The standard InChI is InChI=1S/C28H35Cl3N2O3S/c1-4-14-28(3)18-25(21-8-6-9-23(31)17-21)26(20-10-12-22(30)13-11-20)33(27(28)34)24(5-2)19-32-37(35,36)16-7-15-29/h4,6,8-13,17,24-26,32H,1,5,7,14-16,18-19H2,2-3H3/t24-,25?,26+,28-/m0/s1. The van der Waals surface area contributed by atoms with Crippen LogP contribution in [0.1, 0.15) is 62.6 Å². The summed E-state index contributed by atoms with van der Waals surface area (Å²) in [6.45, 7) is 7.97. The number of halogens is 3. The zero-order valence-electron chi connectivity index (χ0n) is 21.3. The normalized spacial score (nSPS) is 23.2. The van der Waals surface area contributed by atoms with Gasteiger partial charge in [0.25, 0.3) is 0 Å². The highest BCUT2D eigenvalue weighted by molar-refractivity contribution is 7.89. The maximum absolute atomic E-state index is 14.3. The summed E-state index contributed by atoms with van der Waals surface area (Å²) in [5.41, 5.74) is 1.26. The number of nitrogens with one attached hydrogen (secondary N) is 1. The Balaban J connectivity index is 2.13. The first kappa shape index (κ1) is 30.0. The number of amides is 1. The lowest BCUT2D eigenvalue weighted by atomic mass is 9.67. The average Bonchev–Trinajstić information content (AvgIpc) is 2.86. The Kier molecular flexibility index (Phi) is 10.5. The highest BCUT2D eigenvalue weighted by Crippen LogP contribution is 2.52. The van der Waals surface area contributed by atoms with Crippen LogP contribution >= 0.6 is 34.8 Å². The zero-order valence-corrected chi connectivity index (χ0v) is 24.4. The molecule has 1 amide bonds. The number of hydrogen-bond donors (Lipinski definition) is 1. The molecule has 1 heterocycles. The summed E-state index contributed by atoms with van der Waals surface area (Å²) in [6.07, 6.45) is 3.81. The molecule has 202 valence electrons. The van der Waals surface area contributed by atoms with Crippen LogP contribution in [0.25, 0.3) is 0 Å². The quantitative estimate of drug-likeness (QED) is 0.216. The van der Waals surface area contributed by atoms with Gasteiger partial charge in [0, 0.05) is 34.4 Å². The molecule has 0 bridgehead atoms. The molecule has 1 saturated heterocycles. The van der Waals surface area contributed by atoms with Crippen molar-refractivity contribution in [3.63, 3.8) is 0 Å². The second-order valence-corrected chi connectivity index (χ2v) is 13.1. The van der Waals surface area contributed by atoms with Crippen LogP contribution in [-0.4, -0.2) is 43.4 Å². The van der Waals surface area contributed by atoms with Crippen molar-refractivity contribution in [2.24, 2.45) is 5.41 Å². The van der Waals surface area contributed by atoms with E-state index < -0.39 is 15.4 Å². The number of sulfonamides is 1. The number of carbonyl (C=O) groups is 1. The van der Waals surface area contributed by atoms with Crippen LogP contribution in [0.2, 0.25) is 10.0 Å². The molecule has 2 aromatic rings. The smallest absolute Gasteiger partial charge is 0.229 e. The molecule has 1 fully saturated rings. The van der Waals surface area contributed by atoms with Crippen molar-refractivity contribution in [3.05, 3.63) is 82.4 Å². The van der Waals surface area contributed by atoms with Gasteiger partial charge in [0.1, 0.15) is 0 Å². The number of alkyl halides is 1. The summed E-state index contributed by atoms with van der Waals surface area (Å²) in [6, 6.07) is 14.6. The van der Waals surface area contributed by atoms with Crippen LogP contribution in [-0.2, 0) is 14.8 Å². The molecule has 1 aliphatic rings. The fourth-order valence-electron chi connectivity index (χ4n) is 5.27. The average molecular weight is 586 g/mol. The molecule has 4 atom stereocenters. The second-order valence-electron chi connectivity index (χ2n) is 9.90. The third-order valence-electron chi connectivity index (χ3n) is 7.14. The number of benzene rings is 2. The second kappa shape index (κ2) is 13.0. The van der Waals surface area contributed by atoms with Gasteiger partial charge in [-0.3, -0.25) is 4.79 Å². The Morgan fingerprint density at radius 2 is 1.86 bits per heavy atom. The Morgan fingerprint density at radius 3 is 2.46 bits per heavy atom. The van der Waals surface area contributed by atoms with E-state index in [9.17, 15) is 13.2 Å². The number of allylic oxidation sites excluding steroid dienone is 1. The number of hydrogen-bond acceptors (Lipinski definition) is 3. The number of likely N-dealkylation sites (tertiary alicyclic amines) is 1. The van der Waals surface area contributed by atoms with Gasteiger partial charge in [-0.1, -0.05) is 67.4 Å². The number of nitrogens with zero attached hydrogens (tertiary/aromatic N) is 1.